The van der Waals surface area contributed by atoms with Crippen LogP contribution >= 0.6 is 0 Å². The summed E-state index contributed by atoms with van der Waals surface area (Å²) in [5, 5.41) is 0. The van der Waals surface area contributed by atoms with E-state index in [1.807, 2.05) is 4.90 Å². The first kappa shape index (κ1) is 20.9. The van der Waals surface area contributed by atoms with Gasteiger partial charge in [-0.2, -0.15) is 4.31 Å². The van der Waals surface area contributed by atoms with E-state index in [2.05, 4.69) is 0 Å². The fourth-order valence-corrected chi connectivity index (χ4v) is 5.72. The monoisotopic (exact) mass is 411 g/mol. The van der Waals surface area contributed by atoms with E-state index in [9.17, 15) is 18.0 Å². The molecule has 0 aromatic carbocycles. The summed E-state index contributed by atoms with van der Waals surface area (Å²) in [5.74, 6) is -0.658. The van der Waals surface area contributed by atoms with E-state index in [1.165, 1.54) is 21.1 Å². The predicted octanol–water partition coefficient (Wildman–Crippen LogP) is 1.76. The minimum atomic E-state index is -3.87. The van der Waals surface area contributed by atoms with Crippen molar-refractivity contribution in [2.24, 2.45) is 7.05 Å². The van der Waals surface area contributed by atoms with Crippen LogP contribution in [0.4, 0.5) is 0 Å². The van der Waals surface area contributed by atoms with Gasteiger partial charge in [0.15, 0.2) is 0 Å². The number of aryl methyl sites for hydroxylation is 1. The van der Waals surface area contributed by atoms with Crippen molar-refractivity contribution in [1.29, 1.82) is 0 Å². The first-order chi connectivity index (χ1) is 13.4. The van der Waals surface area contributed by atoms with Crippen LogP contribution in [-0.4, -0.2) is 66.3 Å². The number of esters is 1. The van der Waals surface area contributed by atoms with Gasteiger partial charge in [0.25, 0.3) is 0 Å². The molecule has 28 heavy (non-hydrogen) atoms. The van der Waals surface area contributed by atoms with E-state index in [0.717, 1.165) is 25.7 Å². The summed E-state index contributed by atoms with van der Waals surface area (Å²) in [5.41, 5.74) is 0.176. The van der Waals surface area contributed by atoms with Crippen LogP contribution in [0.5, 0.6) is 0 Å². The van der Waals surface area contributed by atoms with Crippen LogP contribution in [-0.2, 0) is 26.6 Å². The molecule has 3 heterocycles. The fraction of sp³-hybridized carbons (Fsp3) is 0.684. The number of hydrogen-bond acceptors (Lipinski definition) is 5. The maximum atomic E-state index is 13.2. The van der Waals surface area contributed by atoms with Crippen LogP contribution in [0.2, 0.25) is 0 Å². The van der Waals surface area contributed by atoms with Gasteiger partial charge >= 0.3 is 5.97 Å². The molecule has 9 heteroatoms. The van der Waals surface area contributed by atoms with Crippen molar-refractivity contribution in [3.8, 4) is 0 Å². The van der Waals surface area contributed by atoms with Gasteiger partial charge in [-0.15, -0.1) is 0 Å². The molecule has 2 fully saturated rings. The minimum Gasteiger partial charge on any atom is -0.461 e. The molecule has 8 nitrogen and oxygen atoms in total. The number of nitrogens with zero attached hydrogens (tertiary/aromatic N) is 3. The maximum absolute atomic E-state index is 13.2. The molecule has 0 spiro atoms. The van der Waals surface area contributed by atoms with Crippen LogP contribution in [0.15, 0.2) is 17.2 Å². The third-order valence-corrected chi connectivity index (χ3v) is 7.35. The van der Waals surface area contributed by atoms with Gasteiger partial charge in [-0.3, -0.25) is 4.79 Å². The van der Waals surface area contributed by atoms with Crippen LogP contribution in [0.25, 0.3) is 0 Å². The lowest BCUT2D eigenvalue weighted by Crippen LogP contribution is -2.48. The second-order valence-corrected chi connectivity index (χ2v) is 9.30. The van der Waals surface area contributed by atoms with E-state index in [4.69, 9.17) is 4.74 Å². The fourth-order valence-electron chi connectivity index (χ4n) is 4.00. The molecule has 0 unspecified atom stereocenters. The lowest BCUT2D eigenvalue weighted by atomic mass is 10.2. The third-order valence-electron chi connectivity index (χ3n) is 5.48. The van der Waals surface area contributed by atoms with Gasteiger partial charge < -0.3 is 14.2 Å². The zero-order valence-electron chi connectivity index (χ0n) is 16.6. The molecular formula is C19H29N3O5S. The number of sulfonamides is 1. The average Bonchev–Trinajstić information content (AvgIpc) is 3.21. The first-order valence-corrected chi connectivity index (χ1v) is 11.4. The standard InChI is InChI=1S/C19H29N3O5S/c1-3-27-19(24)17-13-15(14-20(17)2)28(25,26)22-12-8-9-16(22)18(23)21-10-6-4-5-7-11-21/h13-14,16H,3-12H2,1-2H3/t16-/m1/s1. The highest BCUT2D eigenvalue weighted by Gasteiger charge is 2.41. The molecule has 1 aromatic heterocycles. The first-order valence-electron chi connectivity index (χ1n) is 10.0. The Hall–Kier alpha value is -1.87. The van der Waals surface area contributed by atoms with Crippen molar-refractivity contribution >= 4 is 21.9 Å². The normalized spacial score (nSPS) is 21.5. The Bertz CT molecular complexity index is 825. The Balaban J connectivity index is 1.83. The molecule has 0 radical (unpaired) electrons. The Morgan fingerprint density at radius 2 is 1.79 bits per heavy atom. The molecule has 3 rings (SSSR count). The molecular weight excluding hydrogens is 382 g/mol. The van der Waals surface area contributed by atoms with Crippen LogP contribution < -0.4 is 0 Å². The van der Waals surface area contributed by atoms with Gasteiger partial charge in [0, 0.05) is 32.9 Å². The molecule has 0 aliphatic carbocycles. The van der Waals surface area contributed by atoms with E-state index < -0.39 is 22.0 Å². The second-order valence-electron chi connectivity index (χ2n) is 7.41. The van der Waals surface area contributed by atoms with Crippen molar-refractivity contribution in [1.82, 2.24) is 13.8 Å². The summed E-state index contributed by atoms with van der Waals surface area (Å²) in [4.78, 5) is 26.9. The number of rotatable bonds is 5. The summed E-state index contributed by atoms with van der Waals surface area (Å²) in [6, 6.07) is 0.674. The van der Waals surface area contributed by atoms with E-state index in [-0.39, 0.29) is 23.1 Å². The number of amides is 1. The number of carbonyl (C=O) groups excluding carboxylic acids is 2. The molecule has 1 aromatic rings. The van der Waals surface area contributed by atoms with Crippen molar-refractivity contribution in [3.63, 3.8) is 0 Å². The van der Waals surface area contributed by atoms with E-state index in [1.54, 1.807) is 14.0 Å². The number of ether oxygens (including phenoxy) is 1. The average molecular weight is 412 g/mol. The Labute approximate surface area is 166 Å². The van der Waals surface area contributed by atoms with Crippen molar-refractivity contribution in [3.05, 3.63) is 18.0 Å². The smallest absolute Gasteiger partial charge is 0.354 e. The number of carbonyl (C=O) groups is 2. The number of hydrogen-bond donors (Lipinski definition) is 0. The largest absolute Gasteiger partial charge is 0.461 e. The lowest BCUT2D eigenvalue weighted by Gasteiger charge is -2.28. The maximum Gasteiger partial charge on any atom is 0.354 e. The van der Waals surface area contributed by atoms with Gasteiger partial charge in [0.05, 0.1) is 6.61 Å². The molecule has 2 aliphatic rings. The summed E-state index contributed by atoms with van der Waals surface area (Å²) < 4.78 is 34.2. The Kier molecular flexibility index (Phi) is 6.44. The molecule has 1 amide bonds. The quantitative estimate of drug-likeness (QED) is 0.689. The van der Waals surface area contributed by atoms with Crippen molar-refractivity contribution in [2.45, 2.75) is 56.4 Å². The van der Waals surface area contributed by atoms with Crippen LogP contribution in [0, 0.1) is 0 Å². The summed E-state index contributed by atoms with van der Waals surface area (Å²) >= 11 is 0. The molecule has 0 N–H and O–H groups in total. The zero-order chi connectivity index (χ0) is 20.3. The van der Waals surface area contributed by atoms with E-state index >= 15 is 0 Å². The SMILES string of the molecule is CCOC(=O)c1cc(S(=O)(=O)N2CCC[C@@H]2C(=O)N2CCCCCC2)cn1C. The highest BCUT2D eigenvalue weighted by atomic mass is 32.2. The van der Waals surface area contributed by atoms with Gasteiger partial charge in [-0.1, -0.05) is 12.8 Å². The van der Waals surface area contributed by atoms with Crippen molar-refractivity contribution in [2.75, 3.05) is 26.2 Å². The molecule has 156 valence electrons. The van der Waals surface area contributed by atoms with Gasteiger partial charge in [-0.05, 0) is 38.7 Å². The molecule has 2 saturated heterocycles. The topological polar surface area (TPSA) is 88.9 Å². The molecule has 2 aliphatic heterocycles. The number of aromatic nitrogens is 1. The van der Waals surface area contributed by atoms with Crippen LogP contribution in [0.3, 0.4) is 0 Å². The van der Waals surface area contributed by atoms with Gasteiger partial charge in [0.1, 0.15) is 16.6 Å². The van der Waals surface area contributed by atoms with Gasteiger partial charge in [-0.25, -0.2) is 13.2 Å². The van der Waals surface area contributed by atoms with Gasteiger partial charge in [0.2, 0.25) is 15.9 Å². The Morgan fingerprint density at radius 1 is 1.11 bits per heavy atom. The summed E-state index contributed by atoms with van der Waals surface area (Å²) in [7, 11) is -2.27. The predicted molar refractivity (Wildman–Crippen MR) is 103 cm³/mol. The zero-order valence-corrected chi connectivity index (χ0v) is 17.4. The highest BCUT2D eigenvalue weighted by Crippen LogP contribution is 2.29. The van der Waals surface area contributed by atoms with Crippen molar-refractivity contribution < 1.29 is 22.7 Å². The molecule has 1 atom stereocenters. The lowest BCUT2D eigenvalue weighted by molar-refractivity contribution is -0.134. The van der Waals surface area contributed by atoms with E-state index in [0.29, 0.717) is 32.5 Å². The number of likely N-dealkylation sites (tertiary alicyclic amines) is 1. The third kappa shape index (κ3) is 4.10. The Morgan fingerprint density at radius 3 is 2.43 bits per heavy atom. The summed E-state index contributed by atoms with van der Waals surface area (Å²) in [6.45, 7) is 3.62. The second kappa shape index (κ2) is 8.65. The summed E-state index contributed by atoms with van der Waals surface area (Å²) in [6.07, 6.45) is 6.74. The minimum absolute atomic E-state index is 0.0219. The molecule has 0 bridgehead atoms. The van der Waals surface area contributed by atoms with Crippen LogP contribution in [0.1, 0.15) is 55.9 Å². The highest BCUT2D eigenvalue weighted by molar-refractivity contribution is 7.89. The molecule has 0 saturated carbocycles.